The number of hydrogen-bond acceptors (Lipinski definition) is 17. The number of halogens is 4. The van der Waals surface area contributed by atoms with E-state index >= 15 is 0 Å². The fraction of sp³-hybridized carbons (Fsp3) is 0.573. The Hall–Kier alpha value is -10.4. The van der Waals surface area contributed by atoms with Gasteiger partial charge >= 0.3 is 24.1 Å². The number of likely N-dealkylation sites (N-methyl/N-ethyl adjacent to an activating group) is 2. The summed E-state index contributed by atoms with van der Waals surface area (Å²) in [4.78, 5) is 200. The van der Waals surface area contributed by atoms with E-state index in [0.29, 0.717) is 30.7 Å². The number of carbonyl (C=O) groups is 14. The van der Waals surface area contributed by atoms with Gasteiger partial charge in [0.1, 0.15) is 114 Å². The Labute approximate surface area is 629 Å². The van der Waals surface area contributed by atoms with E-state index in [9.17, 15) is 84.7 Å². The van der Waals surface area contributed by atoms with Gasteiger partial charge in [0.15, 0.2) is 0 Å². The van der Waals surface area contributed by atoms with Crippen molar-refractivity contribution in [3.63, 3.8) is 0 Å². The number of esters is 2. The first kappa shape index (κ1) is 84.2. The summed E-state index contributed by atoms with van der Waals surface area (Å²) in [5.74, 6) is -12.6. The van der Waals surface area contributed by atoms with E-state index in [1.54, 1.807) is 45.0 Å². The van der Waals surface area contributed by atoms with E-state index in [4.69, 9.17) is 14.2 Å². The molecular weight excluding hydrogens is 1430 g/mol. The van der Waals surface area contributed by atoms with Crippen molar-refractivity contribution in [2.75, 3.05) is 45.6 Å². The number of fused-ring (bicyclic) bond motifs is 4. The van der Waals surface area contributed by atoms with Crippen LogP contribution in [0.1, 0.15) is 131 Å². The molecule has 7 N–H and O–H groups in total. The first-order valence-corrected chi connectivity index (χ1v) is 36.5. The van der Waals surface area contributed by atoms with Gasteiger partial charge in [0.05, 0.1) is 0 Å². The van der Waals surface area contributed by atoms with E-state index < -0.39 is 210 Å². The molecule has 594 valence electrons. The summed E-state index contributed by atoms with van der Waals surface area (Å²) in [5, 5.41) is 18.0. The number of nitrogens with one attached hydrogen (secondary N) is 7. The third-order valence-corrected chi connectivity index (χ3v) is 20.2. The van der Waals surface area contributed by atoms with E-state index in [1.165, 1.54) is 85.0 Å². The Morgan fingerprint density at radius 3 is 1.28 bits per heavy atom. The van der Waals surface area contributed by atoms with Gasteiger partial charge in [-0.05, 0) is 167 Å². The first-order chi connectivity index (χ1) is 51.1. The molecule has 6 heterocycles. The molecule has 13 amide bonds. The Balaban J connectivity index is 0.000000275. The maximum atomic E-state index is 14.5. The number of urea groups is 1. The molecule has 0 aliphatic carbocycles. The zero-order chi connectivity index (χ0) is 80.5. The van der Waals surface area contributed by atoms with Crippen LogP contribution in [0.2, 0.25) is 0 Å². The van der Waals surface area contributed by atoms with Gasteiger partial charge in [0, 0.05) is 70.9 Å². The highest BCUT2D eigenvalue weighted by Gasteiger charge is 2.49. The monoisotopic (exact) mass is 1530 g/mol. The summed E-state index contributed by atoms with van der Waals surface area (Å²) in [5.41, 5.74) is 0.360. The Morgan fingerprint density at radius 2 is 0.899 bits per heavy atom. The average Bonchev–Trinajstić information content (AvgIpc) is 1.72. The lowest BCUT2D eigenvalue weighted by molar-refractivity contribution is -0.163. The minimum atomic E-state index is -1.63. The van der Waals surface area contributed by atoms with Crippen LogP contribution in [0.5, 0.6) is 0 Å². The van der Waals surface area contributed by atoms with Crippen molar-refractivity contribution in [3.05, 3.63) is 101 Å². The molecule has 0 aromatic heterocycles. The van der Waals surface area contributed by atoms with Crippen LogP contribution in [-0.2, 0) is 84.6 Å². The van der Waals surface area contributed by atoms with E-state index in [0.717, 1.165) is 29.8 Å². The lowest BCUT2D eigenvalue weighted by Gasteiger charge is -2.36. The zero-order valence-corrected chi connectivity index (χ0v) is 63.6. The molecular formula is C75H99F4N13O17. The highest BCUT2D eigenvalue weighted by Crippen LogP contribution is 2.31. The lowest BCUT2D eigenvalue weighted by Crippen LogP contribution is -2.62. The number of hydrogen-bond donors (Lipinski definition) is 7. The first-order valence-electron chi connectivity index (χ1n) is 36.5. The van der Waals surface area contributed by atoms with Crippen LogP contribution in [0.25, 0.3) is 0 Å². The topological polar surface area (TPSA) is 370 Å². The zero-order valence-electron chi connectivity index (χ0n) is 63.6. The van der Waals surface area contributed by atoms with Crippen LogP contribution in [0.3, 0.4) is 0 Å². The molecule has 6 fully saturated rings. The van der Waals surface area contributed by atoms with E-state index in [-0.39, 0.29) is 74.8 Å². The standard InChI is InChI=1S/C39H49F2N7O8.C36H50F2N6O9/c1-20-9-11-28(12-10-20)43-39(55)44-29(17-25-15-26(40)18-27(41)16-25)34(50)45-32-24(5)56-38(54)31-14-21(2)19-48(31)35(51)22(3)42-33(49)23(4)46(6)36(52)30-8-7-13-47(30)37(32)53;1-18-12-27-34(50)52-21(4)28(41-30(46)25(40-35(51)53-36(5,6)7)15-22-13-23(37)16-24(38)14-22)33(49)43-11-9-10-26(43)32(48)42(8)20(3)29(45)39-19(2)31(47)44(27)17-18/h9-12,15-16,18,21-24,29-32H,7-8,13-14,17,19H2,1-6H3,(H,42,49)(H,45,50)(H2,43,44,55);13-14,16,18-21,25-28H,9-12,15,17H2,1-8H3,(H,39,45)(H,40,51)(H,41,46)/t21-,22-,23-,24-,29-,30-,31-,32-;18-,19-,20-,21-,25-,26-,27-,28-/m00/s1. The number of rotatable bonds is 11. The van der Waals surface area contributed by atoms with Crippen LogP contribution in [0.4, 0.5) is 32.8 Å². The summed E-state index contributed by atoms with van der Waals surface area (Å²) in [6.45, 7) is 19.6. The highest BCUT2D eigenvalue weighted by atomic mass is 19.1. The summed E-state index contributed by atoms with van der Waals surface area (Å²) >= 11 is 0. The number of amides is 13. The van der Waals surface area contributed by atoms with Crippen LogP contribution in [-0.4, -0.2) is 243 Å². The average molecular weight is 1530 g/mol. The van der Waals surface area contributed by atoms with Gasteiger partial charge < -0.3 is 80.8 Å². The second-order valence-corrected chi connectivity index (χ2v) is 30.2. The number of anilines is 1. The molecule has 6 aliphatic heterocycles. The SMILES string of the molecule is C[C@H]1C[C@H]2C(=O)O[C@@H](C)[C@H](NC(=O)[C@H](Cc3cc(F)cc(F)c3)NC(=O)OC(C)(C)C)C(=O)N3CCC[C@H]3C(=O)N(C)[C@@H](C)C(=O)N[C@@H](C)C(=O)N2C1.Cc1ccc(NC(=O)N[C@@H](Cc2cc(F)cc(F)c2)C(=O)N[C@@H]2C(=O)N3CCC[C@H]3C(=O)N(C)[C@@H](C)C(=O)N[C@@H](C)C(=O)N3C[C@@H](C)C[C@H]3C(=O)O[C@H]2C)cc1. The van der Waals surface area contributed by atoms with Crippen molar-refractivity contribution in [2.45, 2.75) is 225 Å². The van der Waals surface area contributed by atoms with Crippen molar-refractivity contribution < 1.29 is 98.9 Å². The van der Waals surface area contributed by atoms with Gasteiger partial charge in [-0.2, -0.15) is 0 Å². The molecule has 16 atom stereocenters. The maximum absolute atomic E-state index is 14.5. The number of carbonyl (C=O) groups excluding carboxylic acids is 14. The molecule has 0 bridgehead atoms. The summed E-state index contributed by atoms with van der Waals surface area (Å²) in [7, 11) is 2.82. The fourth-order valence-electron chi connectivity index (χ4n) is 14.1. The molecule has 0 radical (unpaired) electrons. The van der Waals surface area contributed by atoms with Gasteiger partial charge in [0.2, 0.25) is 59.1 Å². The molecule has 34 heteroatoms. The third kappa shape index (κ3) is 21.3. The summed E-state index contributed by atoms with van der Waals surface area (Å²) < 4.78 is 73.8. The molecule has 30 nitrogen and oxygen atoms in total. The minimum Gasteiger partial charge on any atom is -0.458 e. The Morgan fingerprint density at radius 1 is 0.523 bits per heavy atom. The smallest absolute Gasteiger partial charge is 0.408 e. The molecule has 6 aliphatic rings. The van der Waals surface area contributed by atoms with Crippen molar-refractivity contribution in [1.29, 1.82) is 0 Å². The van der Waals surface area contributed by atoms with Gasteiger partial charge in [-0.15, -0.1) is 0 Å². The molecule has 0 unspecified atom stereocenters. The largest absolute Gasteiger partial charge is 0.458 e. The molecule has 9 rings (SSSR count). The van der Waals surface area contributed by atoms with Gasteiger partial charge in [-0.25, -0.2) is 36.7 Å². The number of cyclic esters (lactones) is 2. The maximum Gasteiger partial charge on any atom is 0.408 e. The predicted molar refractivity (Wildman–Crippen MR) is 383 cm³/mol. The second-order valence-electron chi connectivity index (χ2n) is 30.2. The lowest BCUT2D eigenvalue weighted by atomic mass is 10.0. The molecule has 6 saturated heterocycles. The molecule has 0 spiro atoms. The molecule has 0 saturated carbocycles. The Bertz CT molecular complexity index is 3940. The van der Waals surface area contributed by atoms with E-state index in [2.05, 4.69) is 37.2 Å². The van der Waals surface area contributed by atoms with Crippen molar-refractivity contribution in [3.8, 4) is 0 Å². The third-order valence-electron chi connectivity index (χ3n) is 20.2. The van der Waals surface area contributed by atoms with Crippen LogP contribution in [0.15, 0.2) is 60.7 Å². The number of ether oxygens (including phenoxy) is 3. The van der Waals surface area contributed by atoms with Crippen molar-refractivity contribution in [1.82, 2.24) is 61.3 Å². The number of alkyl carbamates (subject to hydrolysis) is 1. The molecule has 109 heavy (non-hydrogen) atoms. The fourth-order valence-corrected chi connectivity index (χ4v) is 14.1. The molecule has 3 aromatic rings. The van der Waals surface area contributed by atoms with E-state index in [1.807, 2.05) is 20.8 Å². The minimum absolute atomic E-state index is 0.00300. The van der Waals surface area contributed by atoms with Crippen LogP contribution < -0.4 is 37.2 Å². The predicted octanol–water partition coefficient (Wildman–Crippen LogP) is 3.43. The number of aryl methyl sites for hydroxylation is 1. The van der Waals surface area contributed by atoms with Gasteiger partial charge in [-0.1, -0.05) is 31.5 Å². The summed E-state index contributed by atoms with van der Waals surface area (Å²) in [6.07, 6.45) is -2.89. The second kappa shape index (κ2) is 35.7. The van der Waals surface area contributed by atoms with Crippen LogP contribution in [0, 0.1) is 42.0 Å². The highest BCUT2D eigenvalue weighted by molar-refractivity contribution is 6.00. The number of nitrogens with zero attached hydrogens (tertiary/aromatic N) is 6. The van der Waals surface area contributed by atoms with Gasteiger partial charge in [0.25, 0.3) is 0 Å². The summed E-state index contributed by atoms with van der Waals surface area (Å²) in [6, 6.07) is -3.52. The van der Waals surface area contributed by atoms with Gasteiger partial charge in [-0.3, -0.25) is 47.9 Å². The molecule has 3 aromatic carbocycles. The normalized spacial score (nSPS) is 27.5. The quantitative estimate of drug-likeness (QED) is 0.0821. The van der Waals surface area contributed by atoms with Crippen molar-refractivity contribution >= 4 is 88.8 Å². The van der Waals surface area contributed by atoms with Crippen LogP contribution >= 0.6 is 0 Å². The Kier molecular flexibility index (Phi) is 27.6. The number of benzene rings is 3. The van der Waals surface area contributed by atoms with Crippen molar-refractivity contribution in [2.24, 2.45) is 11.8 Å².